The van der Waals surface area contributed by atoms with Crippen molar-refractivity contribution >= 4 is 10.1 Å². The molecule has 0 aromatic heterocycles. The largest absolute Gasteiger partial charge is 1.00 e. The summed E-state index contributed by atoms with van der Waals surface area (Å²) in [6, 6.07) is 0. The molecule has 0 bridgehead atoms. The molecule has 5 nitrogen and oxygen atoms in total. The molecule has 7 heteroatoms. The second-order valence-corrected chi connectivity index (χ2v) is 4.55. The van der Waals surface area contributed by atoms with E-state index in [1.54, 1.807) is 0 Å². The maximum absolute atomic E-state index is 10.2. The van der Waals surface area contributed by atoms with Gasteiger partial charge < -0.3 is 14.2 Å². The van der Waals surface area contributed by atoms with Crippen molar-refractivity contribution in [2.75, 3.05) is 39.6 Å². The Morgan fingerprint density at radius 3 is 2.29 bits per heavy atom. The van der Waals surface area contributed by atoms with Gasteiger partial charge in [-0.25, -0.2) is 8.42 Å². The topological polar surface area (TPSA) is 69.7 Å². The van der Waals surface area contributed by atoms with Crippen LogP contribution in [-0.2, 0) is 14.9 Å². The van der Waals surface area contributed by atoms with Crippen LogP contribution in [0.15, 0.2) is 0 Å². The fraction of sp³-hybridized carbons (Fsp3) is 1.00. The van der Waals surface area contributed by atoms with Crippen LogP contribution in [0.2, 0.25) is 0 Å². The molecule has 0 aromatic carbocycles. The SMILES string of the molecule is CN(C)CCOCCCS(=O)(=O)[O-].[Na+]. The van der Waals surface area contributed by atoms with E-state index in [4.69, 9.17) is 4.74 Å². The number of hydrogen-bond donors (Lipinski definition) is 0. The molecule has 0 rings (SSSR count). The Morgan fingerprint density at radius 1 is 1.29 bits per heavy atom. The zero-order chi connectivity index (χ0) is 10.3. The minimum Gasteiger partial charge on any atom is -0.748 e. The summed E-state index contributed by atoms with van der Waals surface area (Å²) >= 11 is 0. The van der Waals surface area contributed by atoms with Crippen LogP contribution in [-0.4, -0.2) is 57.5 Å². The van der Waals surface area contributed by atoms with E-state index in [2.05, 4.69) is 0 Å². The summed E-state index contributed by atoms with van der Waals surface area (Å²) in [5.74, 6) is -0.338. The first-order valence-corrected chi connectivity index (χ1v) is 5.65. The van der Waals surface area contributed by atoms with Crippen molar-refractivity contribution in [2.24, 2.45) is 0 Å². The number of nitrogens with zero attached hydrogens (tertiary/aromatic N) is 1. The summed E-state index contributed by atoms with van der Waals surface area (Å²) in [6.45, 7) is 1.69. The number of ether oxygens (including phenoxy) is 1. The van der Waals surface area contributed by atoms with E-state index in [-0.39, 0.29) is 41.7 Å². The standard InChI is InChI=1S/C7H17NO4S.Na/c1-8(2)4-6-12-5-3-7-13(9,10)11;/h3-7H2,1-2H3,(H,9,10,11);/q;+1/p-1. The van der Waals surface area contributed by atoms with Crippen molar-refractivity contribution < 1.29 is 47.3 Å². The molecule has 0 aliphatic carbocycles. The van der Waals surface area contributed by atoms with Crippen LogP contribution in [0.3, 0.4) is 0 Å². The quantitative estimate of drug-likeness (QED) is 0.259. The third-order valence-corrected chi connectivity index (χ3v) is 2.15. The Kier molecular flexibility index (Phi) is 11.2. The summed E-state index contributed by atoms with van der Waals surface area (Å²) in [7, 11) is -0.224. The van der Waals surface area contributed by atoms with Crippen LogP contribution in [0.5, 0.6) is 0 Å². The van der Waals surface area contributed by atoms with Crippen molar-refractivity contribution in [3.05, 3.63) is 0 Å². The summed E-state index contributed by atoms with van der Waals surface area (Å²) in [6.07, 6.45) is 0.277. The van der Waals surface area contributed by atoms with Gasteiger partial charge in [-0.3, -0.25) is 0 Å². The zero-order valence-electron chi connectivity index (χ0n) is 9.02. The van der Waals surface area contributed by atoms with Crippen LogP contribution >= 0.6 is 0 Å². The Balaban J connectivity index is 0. The fourth-order valence-corrected chi connectivity index (χ4v) is 1.16. The second kappa shape index (κ2) is 9.08. The van der Waals surface area contributed by atoms with Crippen LogP contribution in [0, 0.1) is 0 Å². The van der Waals surface area contributed by atoms with E-state index >= 15 is 0 Å². The predicted molar refractivity (Wildman–Crippen MR) is 48.6 cm³/mol. The van der Waals surface area contributed by atoms with Gasteiger partial charge in [-0.2, -0.15) is 0 Å². The maximum Gasteiger partial charge on any atom is 1.00 e. The minimum atomic E-state index is -4.07. The van der Waals surface area contributed by atoms with Gasteiger partial charge in [-0.1, -0.05) is 0 Å². The molecular weight excluding hydrogens is 217 g/mol. The van der Waals surface area contributed by atoms with Crippen molar-refractivity contribution in [3.8, 4) is 0 Å². The maximum atomic E-state index is 10.2. The van der Waals surface area contributed by atoms with Crippen molar-refractivity contribution in [3.63, 3.8) is 0 Å². The van der Waals surface area contributed by atoms with Crippen LogP contribution in [0.1, 0.15) is 6.42 Å². The van der Waals surface area contributed by atoms with Crippen molar-refractivity contribution in [1.29, 1.82) is 0 Å². The van der Waals surface area contributed by atoms with Gasteiger partial charge in [0.2, 0.25) is 0 Å². The number of hydrogen-bond acceptors (Lipinski definition) is 5. The molecule has 0 saturated heterocycles. The average Bonchev–Trinajstić information content (AvgIpc) is 1.93. The molecule has 0 heterocycles. The van der Waals surface area contributed by atoms with E-state index in [1.165, 1.54) is 0 Å². The summed E-state index contributed by atoms with van der Waals surface area (Å²) in [4.78, 5) is 1.96. The summed E-state index contributed by atoms with van der Waals surface area (Å²) in [5, 5.41) is 0. The Bertz CT molecular complexity index is 218. The van der Waals surface area contributed by atoms with Crippen LogP contribution < -0.4 is 29.6 Å². The first kappa shape index (κ1) is 17.2. The van der Waals surface area contributed by atoms with Gasteiger partial charge in [0.1, 0.15) is 0 Å². The van der Waals surface area contributed by atoms with Gasteiger partial charge in [0, 0.05) is 18.9 Å². The van der Waals surface area contributed by atoms with E-state index < -0.39 is 10.1 Å². The first-order valence-electron chi connectivity index (χ1n) is 4.08. The number of rotatable bonds is 7. The van der Waals surface area contributed by atoms with Crippen molar-refractivity contribution in [2.45, 2.75) is 6.42 Å². The predicted octanol–water partition coefficient (Wildman–Crippen LogP) is -3.50. The van der Waals surface area contributed by atoms with E-state index in [1.807, 2.05) is 19.0 Å². The van der Waals surface area contributed by atoms with Gasteiger partial charge in [0.25, 0.3) is 0 Å². The van der Waals surface area contributed by atoms with Crippen molar-refractivity contribution in [1.82, 2.24) is 4.90 Å². The molecule has 0 fully saturated rings. The van der Waals surface area contributed by atoms with E-state index in [0.717, 1.165) is 6.54 Å². The third kappa shape index (κ3) is 15.3. The minimum absolute atomic E-state index is 0. The summed E-state index contributed by atoms with van der Waals surface area (Å²) in [5.41, 5.74) is 0. The molecule has 0 spiro atoms. The summed E-state index contributed by atoms with van der Waals surface area (Å²) < 4.78 is 35.6. The molecule has 80 valence electrons. The Morgan fingerprint density at radius 2 is 1.86 bits per heavy atom. The Hall–Kier alpha value is 0.830. The van der Waals surface area contributed by atoms with E-state index in [0.29, 0.717) is 13.2 Å². The van der Waals surface area contributed by atoms with Gasteiger partial charge >= 0.3 is 29.6 Å². The smallest absolute Gasteiger partial charge is 0.748 e. The zero-order valence-corrected chi connectivity index (χ0v) is 11.8. The molecule has 0 saturated carbocycles. The molecule has 0 radical (unpaired) electrons. The molecule has 0 aliphatic rings. The molecular formula is C7H16NNaO4S. The van der Waals surface area contributed by atoms with Gasteiger partial charge in [0.05, 0.1) is 16.7 Å². The first-order chi connectivity index (χ1) is 5.92. The molecule has 0 aromatic rings. The van der Waals surface area contributed by atoms with Gasteiger partial charge in [0.15, 0.2) is 0 Å². The third-order valence-electron chi connectivity index (χ3n) is 1.37. The van der Waals surface area contributed by atoms with Gasteiger partial charge in [-0.15, -0.1) is 0 Å². The second-order valence-electron chi connectivity index (χ2n) is 3.03. The molecule has 14 heavy (non-hydrogen) atoms. The van der Waals surface area contributed by atoms with Gasteiger partial charge in [-0.05, 0) is 20.5 Å². The average molecular weight is 233 g/mol. The molecule has 0 atom stereocenters. The molecule has 0 aliphatic heterocycles. The fourth-order valence-electron chi connectivity index (χ4n) is 0.687. The molecule has 0 unspecified atom stereocenters. The van der Waals surface area contributed by atoms with Crippen LogP contribution in [0.4, 0.5) is 0 Å². The van der Waals surface area contributed by atoms with Crippen LogP contribution in [0.25, 0.3) is 0 Å². The normalized spacial score (nSPS) is 11.4. The molecule has 0 amide bonds. The molecule has 0 N–H and O–H groups in total. The monoisotopic (exact) mass is 233 g/mol. The Labute approximate surface area is 108 Å². The number of likely N-dealkylation sites (N-methyl/N-ethyl adjacent to an activating group) is 1. The van der Waals surface area contributed by atoms with E-state index in [9.17, 15) is 13.0 Å².